The molecule has 2 rings (SSSR count). The monoisotopic (exact) mass is 223 g/mol. The number of hydrogen-bond donors (Lipinski definition) is 3. The summed E-state index contributed by atoms with van der Waals surface area (Å²) in [6.07, 6.45) is 0.663. The number of hydrogen-bond acceptors (Lipinski definition) is 5. The van der Waals surface area contributed by atoms with Gasteiger partial charge in [-0.05, 0) is 18.2 Å². The van der Waals surface area contributed by atoms with E-state index in [1.54, 1.807) is 0 Å². The molecule has 0 aliphatic carbocycles. The van der Waals surface area contributed by atoms with E-state index in [1.807, 2.05) is 0 Å². The van der Waals surface area contributed by atoms with Crippen molar-refractivity contribution in [3.05, 3.63) is 29.3 Å². The fourth-order valence-corrected chi connectivity index (χ4v) is 1.73. The fraction of sp³-hybridized carbons (Fsp3) is 0.364. The molecule has 0 aromatic heterocycles. The van der Waals surface area contributed by atoms with Crippen molar-refractivity contribution in [3.63, 3.8) is 0 Å². The zero-order chi connectivity index (χ0) is 11.6. The number of aliphatic hydroxyl groups is 1. The minimum Gasteiger partial charge on any atom is -0.508 e. The Bertz CT molecular complexity index is 399. The molecule has 5 heteroatoms. The number of carbonyl (C=O) groups is 1. The molecule has 1 aromatic rings. The molecule has 1 aliphatic heterocycles. The zero-order valence-corrected chi connectivity index (χ0v) is 8.64. The van der Waals surface area contributed by atoms with Crippen molar-refractivity contribution in [1.82, 2.24) is 5.32 Å². The van der Waals surface area contributed by atoms with Crippen LogP contribution in [0.25, 0.3) is 0 Å². The molecule has 1 fully saturated rings. The first kappa shape index (κ1) is 11.1. The Labute approximate surface area is 92.7 Å². The summed E-state index contributed by atoms with van der Waals surface area (Å²) < 4.78 is 5.16. The maximum Gasteiger partial charge on any atom is 0.169 e. The van der Waals surface area contributed by atoms with Gasteiger partial charge in [-0.1, -0.05) is 0 Å². The Hall–Kier alpha value is -1.43. The maximum atomic E-state index is 10.6. The summed E-state index contributed by atoms with van der Waals surface area (Å²) in [6.45, 7) is 1.04. The van der Waals surface area contributed by atoms with Crippen molar-refractivity contribution in [2.45, 2.75) is 5.72 Å². The predicted octanol–water partition coefficient (Wildman–Crippen LogP) is -0.0304. The summed E-state index contributed by atoms with van der Waals surface area (Å²) >= 11 is 0. The van der Waals surface area contributed by atoms with Gasteiger partial charge in [-0.2, -0.15) is 0 Å². The number of phenolic OH excluding ortho intramolecular Hbond substituents is 1. The van der Waals surface area contributed by atoms with E-state index in [0.717, 1.165) is 0 Å². The Morgan fingerprint density at radius 3 is 2.94 bits per heavy atom. The van der Waals surface area contributed by atoms with Crippen LogP contribution in [-0.2, 0) is 10.5 Å². The van der Waals surface area contributed by atoms with E-state index >= 15 is 0 Å². The third-order valence-corrected chi connectivity index (χ3v) is 2.58. The lowest BCUT2D eigenvalue weighted by Gasteiger charge is -2.34. The third-order valence-electron chi connectivity index (χ3n) is 2.58. The van der Waals surface area contributed by atoms with E-state index < -0.39 is 5.72 Å². The van der Waals surface area contributed by atoms with Gasteiger partial charge in [-0.25, -0.2) is 0 Å². The highest BCUT2D eigenvalue weighted by Gasteiger charge is 2.34. The van der Waals surface area contributed by atoms with Crippen molar-refractivity contribution in [2.24, 2.45) is 0 Å². The van der Waals surface area contributed by atoms with Crippen LogP contribution in [-0.4, -0.2) is 36.3 Å². The van der Waals surface area contributed by atoms with Gasteiger partial charge >= 0.3 is 0 Å². The number of phenols is 1. The van der Waals surface area contributed by atoms with Crippen LogP contribution in [0.1, 0.15) is 15.9 Å². The molecule has 0 radical (unpaired) electrons. The van der Waals surface area contributed by atoms with E-state index in [1.165, 1.54) is 18.2 Å². The average molecular weight is 223 g/mol. The maximum absolute atomic E-state index is 10.6. The smallest absolute Gasteiger partial charge is 0.169 e. The van der Waals surface area contributed by atoms with Gasteiger partial charge in [-0.3, -0.25) is 10.1 Å². The number of rotatable bonds is 2. The van der Waals surface area contributed by atoms with Crippen molar-refractivity contribution in [1.29, 1.82) is 0 Å². The minimum atomic E-state index is -1.43. The molecule has 1 heterocycles. The lowest BCUT2D eigenvalue weighted by Crippen LogP contribution is -2.51. The van der Waals surface area contributed by atoms with Crippen LogP contribution < -0.4 is 5.32 Å². The largest absolute Gasteiger partial charge is 0.508 e. The molecule has 1 aliphatic rings. The molecule has 0 bridgehead atoms. The normalized spacial score (nSPS) is 25.3. The van der Waals surface area contributed by atoms with Crippen molar-refractivity contribution < 1.29 is 19.7 Å². The summed E-state index contributed by atoms with van der Waals surface area (Å²) in [7, 11) is 0. The molecular weight excluding hydrogens is 210 g/mol. The SMILES string of the molecule is O=Cc1ccc(O)c([C@]2(O)COCCN2)c1. The number of aromatic hydroxyl groups is 1. The number of benzene rings is 1. The molecular formula is C11H13NO4. The third kappa shape index (κ3) is 1.92. The molecule has 0 spiro atoms. The molecule has 1 saturated heterocycles. The molecule has 1 atom stereocenters. The van der Waals surface area contributed by atoms with Gasteiger partial charge in [-0.15, -0.1) is 0 Å². The van der Waals surface area contributed by atoms with Gasteiger partial charge in [0.2, 0.25) is 0 Å². The van der Waals surface area contributed by atoms with Gasteiger partial charge in [0.15, 0.2) is 5.72 Å². The molecule has 86 valence electrons. The number of ether oxygens (including phenoxy) is 1. The minimum absolute atomic E-state index is 0.0445. The van der Waals surface area contributed by atoms with E-state index in [2.05, 4.69) is 5.32 Å². The van der Waals surface area contributed by atoms with Crippen LogP contribution in [0.4, 0.5) is 0 Å². The highest BCUT2D eigenvalue weighted by molar-refractivity contribution is 5.75. The van der Waals surface area contributed by atoms with Crippen LogP contribution in [0, 0.1) is 0 Å². The second-order valence-electron chi connectivity index (χ2n) is 3.73. The van der Waals surface area contributed by atoms with Gasteiger partial charge in [0.25, 0.3) is 0 Å². The zero-order valence-electron chi connectivity index (χ0n) is 8.64. The molecule has 3 N–H and O–H groups in total. The van der Waals surface area contributed by atoms with E-state index in [9.17, 15) is 15.0 Å². The Balaban J connectivity index is 2.40. The number of nitrogens with one attached hydrogen (secondary N) is 1. The highest BCUT2D eigenvalue weighted by Crippen LogP contribution is 2.29. The lowest BCUT2D eigenvalue weighted by atomic mass is 9.99. The van der Waals surface area contributed by atoms with Gasteiger partial charge in [0.1, 0.15) is 12.0 Å². The molecule has 0 saturated carbocycles. The molecule has 0 amide bonds. The van der Waals surface area contributed by atoms with Crippen LogP contribution in [0.15, 0.2) is 18.2 Å². The first-order valence-corrected chi connectivity index (χ1v) is 4.99. The summed E-state index contributed by atoms with van der Waals surface area (Å²) in [6, 6.07) is 4.32. The molecule has 0 unspecified atom stereocenters. The summed E-state index contributed by atoms with van der Waals surface area (Å²) in [5.74, 6) is -0.0638. The summed E-state index contributed by atoms with van der Waals surface area (Å²) in [5, 5.41) is 22.8. The Kier molecular flexibility index (Phi) is 2.91. The van der Waals surface area contributed by atoms with E-state index in [-0.39, 0.29) is 17.9 Å². The summed E-state index contributed by atoms with van der Waals surface area (Å²) in [4.78, 5) is 10.6. The number of carbonyl (C=O) groups excluding carboxylic acids is 1. The molecule has 5 nitrogen and oxygen atoms in total. The molecule has 1 aromatic carbocycles. The van der Waals surface area contributed by atoms with Crippen molar-refractivity contribution >= 4 is 6.29 Å². The first-order valence-electron chi connectivity index (χ1n) is 4.99. The van der Waals surface area contributed by atoms with Crippen molar-refractivity contribution in [2.75, 3.05) is 19.8 Å². The fourth-order valence-electron chi connectivity index (χ4n) is 1.73. The van der Waals surface area contributed by atoms with E-state index in [0.29, 0.717) is 25.0 Å². The first-order chi connectivity index (χ1) is 7.65. The number of morpholine rings is 1. The Morgan fingerprint density at radius 1 is 1.50 bits per heavy atom. The summed E-state index contributed by atoms with van der Waals surface area (Å²) in [5.41, 5.74) is -0.771. The lowest BCUT2D eigenvalue weighted by molar-refractivity contribution is -0.107. The molecule has 16 heavy (non-hydrogen) atoms. The van der Waals surface area contributed by atoms with Crippen LogP contribution >= 0.6 is 0 Å². The second-order valence-corrected chi connectivity index (χ2v) is 3.73. The van der Waals surface area contributed by atoms with E-state index in [4.69, 9.17) is 4.74 Å². The highest BCUT2D eigenvalue weighted by atomic mass is 16.5. The predicted molar refractivity (Wildman–Crippen MR) is 56.2 cm³/mol. The standard InChI is InChI=1S/C11H13NO4/c13-6-8-1-2-10(14)9(5-8)11(15)7-16-4-3-12-11/h1-2,5-6,12,14-15H,3-4,7H2/t11-/m1/s1. The quantitative estimate of drug-likeness (QED) is 0.614. The number of aldehydes is 1. The Morgan fingerprint density at radius 2 is 2.31 bits per heavy atom. The van der Waals surface area contributed by atoms with Crippen molar-refractivity contribution in [3.8, 4) is 5.75 Å². The van der Waals surface area contributed by atoms with Gasteiger partial charge < -0.3 is 14.9 Å². The van der Waals surface area contributed by atoms with Crippen LogP contribution in [0.3, 0.4) is 0 Å². The van der Waals surface area contributed by atoms with Gasteiger partial charge in [0.05, 0.1) is 13.2 Å². The van der Waals surface area contributed by atoms with Crippen LogP contribution in [0.5, 0.6) is 5.75 Å². The van der Waals surface area contributed by atoms with Crippen LogP contribution in [0.2, 0.25) is 0 Å². The second kappa shape index (κ2) is 4.21. The topological polar surface area (TPSA) is 78.8 Å². The average Bonchev–Trinajstić information content (AvgIpc) is 2.30. The van der Waals surface area contributed by atoms with Gasteiger partial charge in [0, 0.05) is 17.7 Å².